The number of fused-ring (bicyclic) bond motifs is 1. The topological polar surface area (TPSA) is 64.0 Å². The molecule has 7 nitrogen and oxygen atoms in total. The summed E-state index contributed by atoms with van der Waals surface area (Å²) in [6.07, 6.45) is 1.68. The van der Waals surface area contributed by atoms with E-state index in [4.69, 9.17) is 21.1 Å². The monoisotopic (exact) mass is 449 g/mol. The minimum absolute atomic E-state index is 0.0335. The van der Waals surface area contributed by atoms with Crippen LogP contribution >= 0.6 is 11.6 Å². The Kier molecular flexibility index (Phi) is 5.57. The molecule has 0 N–H and O–H groups in total. The highest BCUT2D eigenvalue weighted by Gasteiger charge is 2.28. The van der Waals surface area contributed by atoms with Crippen LogP contribution in [-0.4, -0.2) is 64.7 Å². The zero-order chi connectivity index (χ0) is 21.5. The van der Waals surface area contributed by atoms with Crippen molar-refractivity contribution in [1.29, 1.82) is 0 Å². The Labute approximate surface area is 181 Å². The predicted octanol–water partition coefficient (Wildman–Crippen LogP) is 3.30. The fourth-order valence-corrected chi connectivity index (χ4v) is 5.44. The summed E-state index contributed by atoms with van der Waals surface area (Å²) >= 11 is 6.23. The van der Waals surface area contributed by atoms with E-state index in [1.54, 1.807) is 30.5 Å². The number of piperazine rings is 1. The lowest BCUT2D eigenvalue weighted by Crippen LogP contribution is -2.44. The van der Waals surface area contributed by atoms with Crippen LogP contribution in [0.1, 0.15) is 0 Å². The zero-order valence-electron chi connectivity index (χ0n) is 17.1. The lowest BCUT2D eigenvalue weighted by molar-refractivity contribution is 0.313. The van der Waals surface area contributed by atoms with E-state index in [0.717, 1.165) is 37.3 Å². The van der Waals surface area contributed by atoms with Gasteiger partial charge < -0.3 is 19.3 Å². The van der Waals surface area contributed by atoms with Gasteiger partial charge in [0.15, 0.2) is 0 Å². The van der Waals surface area contributed by atoms with Crippen molar-refractivity contribution in [2.24, 2.45) is 0 Å². The van der Waals surface area contributed by atoms with E-state index in [0.29, 0.717) is 16.3 Å². The molecular formula is C21H24ClN3O4S. The van der Waals surface area contributed by atoms with Gasteiger partial charge >= 0.3 is 0 Å². The SMILES string of the molecule is COc1ccc(OC)c(S(=O)(=O)n2cc(N3CCN(C)CC3)c3ccc(Cl)cc32)c1. The molecule has 160 valence electrons. The lowest BCUT2D eigenvalue weighted by atomic mass is 10.2. The molecule has 2 heterocycles. The van der Waals surface area contributed by atoms with Crippen molar-refractivity contribution in [3.63, 3.8) is 0 Å². The number of aromatic nitrogens is 1. The van der Waals surface area contributed by atoms with E-state index < -0.39 is 10.0 Å². The second-order valence-corrected chi connectivity index (χ2v) is 9.50. The van der Waals surface area contributed by atoms with Gasteiger partial charge in [-0.3, -0.25) is 0 Å². The molecule has 4 rings (SSSR count). The van der Waals surface area contributed by atoms with Crippen molar-refractivity contribution < 1.29 is 17.9 Å². The van der Waals surface area contributed by atoms with Crippen LogP contribution in [0, 0.1) is 0 Å². The highest BCUT2D eigenvalue weighted by molar-refractivity contribution is 7.90. The van der Waals surface area contributed by atoms with Gasteiger partial charge in [0.25, 0.3) is 10.0 Å². The van der Waals surface area contributed by atoms with Gasteiger partial charge in [-0.1, -0.05) is 11.6 Å². The summed E-state index contributed by atoms with van der Waals surface area (Å²) in [4.78, 5) is 4.50. The van der Waals surface area contributed by atoms with Gasteiger partial charge in [-0.2, -0.15) is 0 Å². The third kappa shape index (κ3) is 3.59. The second-order valence-electron chi connectivity index (χ2n) is 7.28. The molecule has 0 spiro atoms. The summed E-state index contributed by atoms with van der Waals surface area (Å²) < 4.78 is 39.3. The molecule has 2 aromatic carbocycles. The number of anilines is 1. The van der Waals surface area contributed by atoms with E-state index in [-0.39, 0.29) is 10.6 Å². The molecule has 0 bridgehead atoms. The van der Waals surface area contributed by atoms with Gasteiger partial charge in [-0.15, -0.1) is 0 Å². The van der Waals surface area contributed by atoms with E-state index in [2.05, 4.69) is 16.8 Å². The van der Waals surface area contributed by atoms with Crippen LogP contribution < -0.4 is 14.4 Å². The van der Waals surface area contributed by atoms with Gasteiger partial charge in [0.1, 0.15) is 16.4 Å². The third-order valence-electron chi connectivity index (χ3n) is 5.46. The van der Waals surface area contributed by atoms with Crippen LogP contribution in [-0.2, 0) is 10.0 Å². The number of methoxy groups -OCH3 is 2. The summed E-state index contributed by atoms with van der Waals surface area (Å²) in [5.74, 6) is 0.684. The second kappa shape index (κ2) is 8.02. The van der Waals surface area contributed by atoms with Gasteiger partial charge in [0.2, 0.25) is 0 Å². The van der Waals surface area contributed by atoms with Crippen LogP contribution in [0.3, 0.4) is 0 Å². The molecule has 1 aliphatic rings. The molecule has 30 heavy (non-hydrogen) atoms. The van der Waals surface area contributed by atoms with Crippen molar-refractivity contribution in [2.45, 2.75) is 4.90 Å². The maximum Gasteiger partial charge on any atom is 0.272 e. The normalized spacial score (nSPS) is 15.5. The molecule has 0 aliphatic carbocycles. The molecule has 9 heteroatoms. The maximum atomic E-state index is 13.7. The smallest absolute Gasteiger partial charge is 0.272 e. The largest absolute Gasteiger partial charge is 0.497 e. The van der Waals surface area contributed by atoms with Crippen molar-refractivity contribution in [2.75, 3.05) is 52.3 Å². The molecule has 0 radical (unpaired) electrons. The Morgan fingerprint density at radius 2 is 1.70 bits per heavy atom. The summed E-state index contributed by atoms with van der Waals surface area (Å²) in [5.41, 5.74) is 1.40. The lowest BCUT2D eigenvalue weighted by Gasteiger charge is -2.33. The number of likely N-dealkylation sites (N-methyl/N-ethyl adjacent to an activating group) is 1. The first-order chi connectivity index (χ1) is 14.3. The fraction of sp³-hybridized carbons (Fsp3) is 0.333. The number of nitrogens with zero attached hydrogens (tertiary/aromatic N) is 3. The fourth-order valence-electron chi connectivity index (χ4n) is 3.74. The van der Waals surface area contributed by atoms with Crippen LogP contribution in [0.15, 0.2) is 47.5 Å². The predicted molar refractivity (Wildman–Crippen MR) is 119 cm³/mol. The van der Waals surface area contributed by atoms with Crippen LogP contribution in [0.2, 0.25) is 5.02 Å². The molecule has 0 atom stereocenters. The third-order valence-corrected chi connectivity index (χ3v) is 7.39. The number of benzene rings is 2. The highest BCUT2D eigenvalue weighted by atomic mass is 35.5. The number of hydrogen-bond donors (Lipinski definition) is 0. The molecule has 3 aromatic rings. The molecule has 1 saturated heterocycles. The van der Waals surface area contributed by atoms with Crippen molar-refractivity contribution in [3.05, 3.63) is 47.6 Å². The van der Waals surface area contributed by atoms with E-state index in [1.807, 2.05) is 6.07 Å². The Morgan fingerprint density at radius 3 is 2.37 bits per heavy atom. The summed E-state index contributed by atoms with van der Waals surface area (Å²) in [6.45, 7) is 3.47. The Morgan fingerprint density at radius 1 is 0.967 bits per heavy atom. The Balaban J connectivity index is 1.91. The molecular weight excluding hydrogens is 426 g/mol. The average molecular weight is 450 g/mol. The first-order valence-corrected chi connectivity index (χ1v) is 11.4. The van der Waals surface area contributed by atoms with Crippen molar-refractivity contribution in [3.8, 4) is 11.5 Å². The molecule has 0 unspecified atom stereocenters. The van der Waals surface area contributed by atoms with Crippen LogP contribution in [0.5, 0.6) is 11.5 Å². The summed E-state index contributed by atoms with van der Waals surface area (Å²) in [7, 11) is 1.05. The van der Waals surface area contributed by atoms with E-state index >= 15 is 0 Å². The quantitative estimate of drug-likeness (QED) is 0.595. The number of hydrogen-bond acceptors (Lipinski definition) is 6. The minimum Gasteiger partial charge on any atom is -0.497 e. The van der Waals surface area contributed by atoms with Crippen LogP contribution in [0.25, 0.3) is 10.9 Å². The van der Waals surface area contributed by atoms with Gasteiger partial charge in [0, 0.05) is 48.9 Å². The van der Waals surface area contributed by atoms with E-state index in [1.165, 1.54) is 24.3 Å². The molecule has 1 aliphatic heterocycles. The first kappa shape index (κ1) is 20.8. The number of rotatable bonds is 5. The van der Waals surface area contributed by atoms with Crippen molar-refractivity contribution in [1.82, 2.24) is 8.87 Å². The number of halogens is 1. The van der Waals surface area contributed by atoms with E-state index in [9.17, 15) is 8.42 Å². The Hall–Kier alpha value is -2.42. The Bertz CT molecular complexity index is 1180. The van der Waals surface area contributed by atoms with Crippen molar-refractivity contribution >= 4 is 38.2 Å². The summed E-state index contributed by atoms with van der Waals surface area (Å²) in [6, 6.07) is 10.1. The minimum atomic E-state index is -3.97. The number of ether oxygens (including phenoxy) is 2. The van der Waals surface area contributed by atoms with Gasteiger partial charge in [-0.25, -0.2) is 12.4 Å². The molecule has 0 saturated carbocycles. The van der Waals surface area contributed by atoms with Crippen LogP contribution in [0.4, 0.5) is 5.69 Å². The highest BCUT2D eigenvalue weighted by Crippen LogP contribution is 2.37. The zero-order valence-corrected chi connectivity index (χ0v) is 18.7. The maximum absolute atomic E-state index is 13.7. The molecule has 1 aromatic heterocycles. The standard InChI is InChI=1S/C21H24ClN3O4S/c1-23-8-10-24(11-9-23)19-14-25(18-12-15(22)4-6-17(18)19)30(26,27)21-13-16(28-2)5-7-20(21)29-3/h4-7,12-14H,8-11H2,1-3H3. The van der Waals surface area contributed by atoms with Gasteiger partial charge in [0.05, 0.1) is 25.4 Å². The average Bonchev–Trinajstić information content (AvgIpc) is 3.13. The summed E-state index contributed by atoms with van der Waals surface area (Å²) in [5, 5.41) is 1.31. The van der Waals surface area contributed by atoms with Gasteiger partial charge in [-0.05, 0) is 37.4 Å². The first-order valence-electron chi connectivity index (χ1n) is 9.57. The molecule has 0 amide bonds. The molecule has 1 fully saturated rings.